The number of anilines is 1. The van der Waals surface area contributed by atoms with Crippen molar-refractivity contribution in [3.63, 3.8) is 0 Å². The van der Waals surface area contributed by atoms with Crippen molar-refractivity contribution in [2.45, 2.75) is 18.9 Å². The van der Waals surface area contributed by atoms with Crippen LogP contribution in [0.15, 0.2) is 12.1 Å². The second-order valence-corrected chi connectivity index (χ2v) is 5.11. The van der Waals surface area contributed by atoms with Crippen molar-refractivity contribution >= 4 is 11.7 Å². The fourth-order valence-electron chi connectivity index (χ4n) is 3.05. The lowest BCUT2D eigenvalue weighted by Crippen LogP contribution is -2.25. The fourth-order valence-corrected chi connectivity index (χ4v) is 3.05. The molecule has 1 aromatic rings. The van der Waals surface area contributed by atoms with Crippen LogP contribution in [0.5, 0.6) is 0 Å². The predicted molar refractivity (Wildman–Crippen MR) is 65.0 cm³/mol. The molecular weight excluding hydrogens is 232 g/mol. The van der Waals surface area contributed by atoms with E-state index in [9.17, 15) is 9.90 Å². The fraction of sp³-hybridized carbons (Fsp3) is 0.583. The van der Waals surface area contributed by atoms with Gasteiger partial charge in [-0.05, 0) is 30.9 Å². The molecule has 0 bridgehead atoms. The van der Waals surface area contributed by atoms with Crippen LogP contribution in [0, 0.1) is 11.8 Å². The maximum Gasteiger partial charge on any atom is 0.269 e. The van der Waals surface area contributed by atoms with Crippen LogP contribution in [0.2, 0.25) is 0 Å². The molecule has 6 heteroatoms. The van der Waals surface area contributed by atoms with Gasteiger partial charge in [0.1, 0.15) is 0 Å². The van der Waals surface area contributed by atoms with Gasteiger partial charge in [-0.2, -0.15) is 0 Å². The van der Waals surface area contributed by atoms with Crippen LogP contribution in [-0.4, -0.2) is 40.4 Å². The number of primary amides is 1. The Balaban J connectivity index is 1.75. The summed E-state index contributed by atoms with van der Waals surface area (Å²) in [4.78, 5) is 13.0. The smallest absolute Gasteiger partial charge is 0.269 e. The number of fused-ring (bicyclic) bond motifs is 1. The van der Waals surface area contributed by atoms with E-state index in [-0.39, 0.29) is 11.8 Å². The first kappa shape index (κ1) is 11.4. The van der Waals surface area contributed by atoms with Crippen LogP contribution in [0.25, 0.3) is 0 Å². The van der Waals surface area contributed by atoms with E-state index in [1.54, 1.807) is 12.1 Å². The summed E-state index contributed by atoms with van der Waals surface area (Å²) in [6, 6.07) is 3.36. The lowest BCUT2D eigenvalue weighted by molar-refractivity contribution is 0.0994. The number of carbonyl (C=O) groups excluding carboxylic acids is 1. The molecule has 0 aromatic carbocycles. The second-order valence-electron chi connectivity index (χ2n) is 5.11. The normalized spacial score (nSPS) is 30.5. The van der Waals surface area contributed by atoms with Crippen LogP contribution in [0.1, 0.15) is 23.3 Å². The number of amides is 1. The van der Waals surface area contributed by atoms with Crippen LogP contribution in [0.4, 0.5) is 5.82 Å². The molecular formula is C12H16N4O2. The average Bonchev–Trinajstić information content (AvgIpc) is 2.92. The second kappa shape index (κ2) is 4.20. The summed E-state index contributed by atoms with van der Waals surface area (Å²) >= 11 is 0. The van der Waals surface area contributed by atoms with Crippen molar-refractivity contribution in [3.8, 4) is 0 Å². The van der Waals surface area contributed by atoms with E-state index in [0.29, 0.717) is 11.8 Å². The molecule has 1 saturated carbocycles. The van der Waals surface area contributed by atoms with E-state index in [4.69, 9.17) is 5.73 Å². The molecule has 6 nitrogen and oxygen atoms in total. The Labute approximate surface area is 105 Å². The van der Waals surface area contributed by atoms with Gasteiger partial charge in [-0.25, -0.2) is 0 Å². The Bertz CT molecular complexity index is 462. The van der Waals surface area contributed by atoms with E-state index in [1.165, 1.54) is 0 Å². The van der Waals surface area contributed by atoms with Crippen molar-refractivity contribution in [1.29, 1.82) is 0 Å². The number of aliphatic hydroxyl groups excluding tert-OH is 1. The Morgan fingerprint density at radius 2 is 2.17 bits per heavy atom. The van der Waals surface area contributed by atoms with Gasteiger partial charge in [0.15, 0.2) is 11.5 Å². The first-order valence-corrected chi connectivity index (χ1v) is 6.21. The van der Waals surface area contributed by atoms with Gasteiger partial charge in [0.25, 0.3) is 5.91 Å². The lowest BCUT2D eigenvalue weighted by atomic mass is 10.00. The molecule has 1 amide bonds. The quantitative estimate of drug-likeness (QED) is 0.755. The minimum Gasteiger partial charge on any atom is -0.393 e. The number of carbonyl (C=O) groups is 1. The van der Waals surface area contributed by atoms with Crippen molar-refractivity contribution in [2.24, 2.45) is 17.6 Å². The lowest BCUT2D eigenvalue weighted by Gasteiger charge is -2.18. The molecule has 3 N–H and O–H groups in total. The molecule has 3 atom stereocenters. The van der Waals surface area contributed by atoms with E-state index in [0.717, 1.165) is 31.7 Å². The van der Waals surface area contributed by atoms with Crippen LogP contribution >= 0.6 is 0 Å². The Morgan fingerprint density at radius 1 is 1.33 bits per heavy atom. The van der Waals surface area contributed by atoms with Gasteiger partial charge < -0.3 is 15.7 Å². The van der Waals surface area contributed by atoms with Gasteiger partial charge in [-0.3, -0.25) is 4.79 Å². The summed E-state index contributed by atoms with van der Waals surface area (Å²) in [6.07, 6.45) is 1.81. The number of nitrogens with zero attached hydrogens (tertiary/aromatic N) is 3. The third kappa shape index (κ3) is 1.82. The van der Waals surface area contributed by atoms with Gasteiger partial charge in [-0.15, -0.1) is 10.2 Å². The molecule has 2 fully saturated rings. The standard InChI is InChI=1S/C12H16N4O2/c13-12(18)9-2-4-11(15-14-9)16-5-7-1-3-10(17)8(7)6-16/h2,4,7-8,10,17H,1,3,5-6H2,(H2,13,18). The molecule has 1 aliphatic carbocycles. The highest BCUT2D eigenvalue weighted by molar-refractivity contribution is 5.90. The molecule has 96 valence electrons. The summed E-state index contributed by atoms with van der Waals surface area (Å²) in [6.45, 7) is 1.72. The van der Waals surface area contributed by atoms with Gasteiger partial charge in [0.2, 0.25) is 0 Å². The van der Waals surface area contributed by atoms with Crippen molar-refractivity contribution in [3.05, 3.63) is 17.8 Å². The number of aromatic nitrogens is 2. The summed E-state index contributed by atoms with van der Waals surface area (Å²) < 4.78 is 0. The van der Waals surface area contributed by atoms with Gasteiger partial charge in [0.05, 0.1) is 6.10 Å². The Kier molecular flexibility index (Phi) is 2.66. The summed E-state index contributed by atoms with van der Waals surface area (Å²) in [5, 5.41) is 17.7. The van der Waals surface area contributed by atoms with Crippen molar-refractivity contribution in [2.75, 3.05) is 18.0 Å². The Hall–Kier alpha value is -1.69. The molecule has 1 aromatic heterocycles. The summed E-state index contributed by atoms with van der Waals surface area (Å²) in [5.41, 5.74) is 5.30. The SMILES string of the molecule is NC(=O)c1ccc(N2CC3CCC(O)C3C2)nn1. The van der Waals surface area contributed by atoms with E-state index in [1.807, 2.05) is 0 Å². The summed E-state index contributed by atoms with van der Waals surface area (Å²) in [7, 11) is 0. The third-order valence-corrected chi connectivity index (χ3v) is 4.05. The molecule has 1 saturated heterocycles. The van der Waals surface area contributed by atoms with Crippen molar-refractivity contribution < 1.29 is 9.90 Å². The number of nitrogens with two attached hydrogens (primary N) is 1. The number of aliphatic hydroxyl groups is 1. The van der Waals surface area contributed by atoms with Crippen LogP contribution in [0.3, 0.4) is 0 Å². The molecule has 0 radical (unpaired) electrons. The zero-order valence-electron chi connectivity index (χ0n) is 9.99. The van der Waals surface area contributed by atoms with E-state index < -0.39 is 5.91 Å². The topological polar surface area (TPSA) is 92.3 Å². The number of hydrogen-bond acceptors (Lipinski definition) is 5. The molecule has 3 rings (SSSR count). The zero-order chi connectivity index (χ0) is 12.7. The van der Waals surface area contributed by atoms with Crippen molar-refractivity contribution in [1.82, 2.24) is 10.2 Å². The number of hydrogen-bond donors (Lipinski definition) is 2. The first-order valence-electron chi connectivity index (χ1n) is 6.21. The largest absolute Gasteiger partial charge is 0.393 e. The average molecular weight is 248 g/mol. The molecule has 18 heavy (non-hydrogen) atoms. The van der Waals surface area contributed by atoms with E-state index >= 15 is 0 Å². The highest BCUT2D eigenvalue weighted by Gasteiger charge is 2.42. The van der Waals surface area contributed by atoms with Gasteiger partial charge in [0, 0.05) is 19.0 Å². The Morgan fingerprint density at radius 3 is 2.78 bits per heavy atom. The predicted octanol–water partition coefficient (Wildman–Crippen LogP) is -0.217. The summed E-state index contributed by atoms with van der Waals surface area (Å²) in [5.74, 6) is 1.09. The minimum atomic E-state index is -0.567. The molecule has 0 spiro atoms. The van der Waals surface area contributed by atoms with Crippen LogP contribution in [-0.2, 0) is 0 Å². The van der Waals surface area contributed by atoms with Gasteiger partial charge in [-0.1, -0.05) is 0 Å². The maximum atomic E-state index is 10.9. The highest BCUT2D eigenvalue weighted by Crippen LogP contribution is 2.39. The first-order chi connectivity index (χ1) is 8.65. The zero-order valence-corrected chi connectivity index (χ0v) is 9.99. The third-order valence-electron chi connectivity index (χ3n) is 4.05. The molecule has 2 aliphatic rings. The molecule has 3 unspecified atom stereocenters. The highest BCUT2D eigenvalue weighted by atomic mass is 16.3. The monoisotopic (exact) mass is 248 g/mol. The van der Waals surface area contributed by atoms with Gasteiger partial charge >= 0.3 is 0 Å². The maximum absolute atomic E-state index is 10.9. The molecule has 2 heterocycles. The molecule has 1 aliphatic heterocycles. The number of rotatable bonds is 2. The minimum absolute atomic E-state index is 0.179. The van der Waals surface area contributed by atoms with Crippen LogP contribution < -0.4 is 10.6 Å². The van der Waals surface area contributed by atoms with E-state index in [2.05, 4.69) is 15.1 Å².